The number of hydrogen-bond acceptors (Lipinski definition) is 7. The van der Waals surface area contributed by atoms with Crippen molar-refractivity contribution in [3.05, 3.63) is 53.1 Å². The van der Waals surface area contributed by atoms with Crippen molar-refractivity contribution < 1.29 is 18.7 Å². The van der Waals surface area contributed by atoms with Gasteiger partial charge in [-0.2, -0.15) is 0 Å². The van der Waals surface area contributed by atoms with Gasteiger partial charge in [0.05, 0.1) is 24.8 Å². The summed E-state index contributed by atoms with van der Waals surface area (Å²) in [6, 6.07) is 12.0. The summed E-state index contributed by atoms with van der Waals surface area (Å²) in [5.41, 5.74) is 0.990. The van der Waals surface area contributed by atoms with E-state index >= 15 is 0 Å². The molecule has 0 aliphatic heterocycles. The van der Waals surface area contributed by atoms with E-state index in [-0.39, 0.29) is 16.2 Å². The van der Waals surface area contributed by atoms with E-state index in [1.165, 1.54) is 7.11 Å². The summed E-state index contributed by atoms with van der Waals surface area (Å²) >= 11 is 6.84. The molecule has 25 heavy (non-hydrogen) atoms. The second-order valence-corrected chi connectivity index (χ2v) is 6.14. The van der Waals surface area contributed by atoms with Crippen molar-refractivity contribution in [2.45, 2.75) is 5.22 Å². The van der Waals surface area contributed by atoms with Gasteiger partial charge in [-0.25, -0.2) is 0 Å². The molecule has 0 atom stereocenters. The fraction of sp³-hybridized carbons (Fsp3) is 0.118. The van der Waals surface area contributed by atoms with E-state index in [0.717, 1.165) is 11.8 Å². The highest BCUT2D eigenvalue weighted by Crippen LogP contribution is 2.34. The number of nitrogens with zero attached hydrogens (tertiary/aromatic N) is 2. The molecule has 0 aliphatic rings. The molecule has 0 N–H and O–H groups in total. The summed E-state index contributed by atoms with van der Waals surface area (Å²) in [7, 11) is 3.10. The average Bonchev–Trinajstić information content (AvgIpc) is 3.09. The maximum Gasteiger partial charge on any atom is 0.284 e. The fourth-order valence-electron chi connectivity index (χ4n) is 2.10. The monoisotopic (exact) mass is 376 g/mol. The third-order valence-electron chi connectivity index (χ3n) is 3.32. The lowest BCUT2D eigenvalue weighted by Gasteiger charge is -2.07. The zero-order chi connectivity index (χ0) is 17.8. The Labute approximate surface area is 153 Å². The molecule has 0 amide bonds. The highest BCUT2D eigenvalue weighted by molar-refractivity contribution is 8.14. The quantitative estimate of drug-likeness (QED) is 0.613. The molecule has 0 aliphatic carbocycles. The van der Waals surface area contributed by atoms with E-state index in [4.69, 9.17) is 25.5 Å². The van der Waals surface area contributed by atoms with Crippen LogP contribution >= 0.6 is 23.4 Å². The summed E-state index contributed by atoms with van der Waals surface area (Å²) in [5.74, 6) is 1.41. The molecule has 6 nitrogen and oxygen atoms in total. The van der Waals surface area contributed by atoms with Crippen LogP contribution in [0.1, 0.15) is 10.4 Å². The maximum absolute atomic E-state index is 12.3. The van der Waals surface area contributed by atoms with Crippen LogP contribution in [-0.4, -0.2) is 29.5 Å². The van der Waals surface area contributed by atoms with Crippen molar-refractivity contribution in [1.82, 2.24) is 10.2 Å². The van der Waals surface area contributed by atoms with Gasteiger partial charge in [-0.1, -0.05) is 23.7 Å². The third kappa shape index (κ3) is 3.78. The van der Waals surface area contributed by atoms with Crippen LogP contribution in [0.25, 0.3) is 11.5 Å². The van der Waals surface area contributed by atoms with E-state index in [1.807, 2.05) is 0 Å². The lowest BCUT2D eigenvalue weighted by molar-refractivity contribution is 0.108. The number of rotatable bonds is 5. The number of ether oxygens (including phenoxy) is 2. The normalized spacial score (nSPS) is 10.5. The predicted octanol–water partition coefficient (Wildman–Crippen LogP) is 4.34. The van der Waals surface area contributed by atoms with Crippen molar-refractivity contribution in [3.8, 4) is 23.0 Å². The minimum atomic E-state index is -0.275. The van der Waals surface area contributed by atoms with E-state index < -0.39 is 0 Å². The number of hydrogen-bond donors (Lipinski definition) is 0. The second-order valence-electron chi connectivity index (χ2n) is 4.81. The molecule has 0 unspecified atom stereocenters. The number of aromatic nitrogens is 2. The first-order valence-corrected chi connectivity index (χ1v) is 8.34. The van der Waals surface area contributed by atoms with Gasteiger partial charge in [-0.3, -0.25) is 4.79 Å². The van der Waals surface area contributed by atoms with Crippen LogP contribution < -0.4 is 9.47 Å². The predicted molar refractivity (Wildman–Crippen MR) is 94.5 cm³/mol. The van der Waals surface area contributed by atoms with Gasteiger partial charge >= 0.3 is 0 Å². The van der Waals surface area contributed by atoms with Crippen LogP contribution in [0.5, 0.6) is 11.5 Å². The second kappa shape index (κ2) is 7.58. The molecule has 0 bridgehead atoms. The summed E-state index contributed by atoms with van der Waals surface area (Å²) in [6.45, 7) is 0. The van der Waals surface area contributed by atoms with Gasteiger partial charge in [-0.15, -0.1) is 10.2 Å². The molecular formula is C17H13ClN2O4S. The van der Waals surface area contributed by atoms with Crippen LogP contribution in [0, 0.1) is 0 Å². The molecule has 0 saturated carbocycles. The van der Waals surface area contributed by atoms with Crippen molar-refractivity contribution in [2.75, 3.05) is 14.2 Å². The maximum atomic E-state index is 12.3. The van der Waals surface area contributed by atoms with Gasteiger partial charge < -0.3 is 13.9 Å². The Bertz CT molecular complexity index is 913. The van der Waals surface area contributed by atoms with Crippen LogP contribution in [-0.2, 0) is 0 Å². The zero-order valence-electron chi connectivity index (χ0n) is 13.4. The topological polar surface area (TPSA) is 74.5 Å². The number of carbonyl (C=O) groups excluding carboxylic acids is 1. The van der Waals surface area contributed by atoms with Crippen LogP contribution in [0.2, 0.25) is 5.02 Å². The van der Waals surface area contributed by atoms with Gasteiger partial charge in [-0.05, 0) is 24.3 Å². The number of benzene rings is 2. The van der Waals surface area contributed by atoms with Crippen molar-refractivity contribution in [3.63, 3.8) is 0 Å². The van der Waals surface area contributed by atoms with Crippen molar-refractivity contribution in [2.24, 2.45) is 0 Å². The van der Waals surface area contributed by atoms with E-state index in [9.17, 15) is 4.79 Å². The molecule has 1 aromatic heterocycles. The molecule has 0 fully saturated rings. The summed E-state index contributed by atoms with van der Waals surface area (Å²) in [5, 5.41) is 8.10. The Hall–Kier alpha value is -2.51. The summed E-state index contributed by atoms with van der Waals surface area (Å²) in [4.78, 5) is 12.3. The first-order valence-electron chi connectivity index (χ1n) is 7.15. The third-order valence-corrected chi connectivity index (χ3v) is 4.39. The first-order chi connectivity index (χ1) is 12.1. The van der Waals surface area contributed by atoms with E-state index in [0.29, 0.717) is 27.6 Å². The number of halogens is 1. The molecule has 0 saturated heterocycles. The van der Waals surface area contributed by atoms with Gasteiger partial charge in [0.15, 0.2) is 0 Å². The number of carbonyl (C=O) groups is 1. The first kappa shape index (κ1) is 17.3. The van der Waals surface area contributed by atoms with Crippen LogP contribution in [0.3, 0.4) is 0 Å². The van der Waals surface area contributed by atoms with E-state index in [2.05, 4.69) is 10.2 Å². The van der Waals surface area contributed by atoms with Gasteiger partial charge in [0.1, 0.15) is 11.5 Å². The molecule has 3 rings (SSSR count). The SMILES string of the molecule is COc1ccc(-c2nnc(SC(=O)c3ccccc3Cl)o2)c(OC)c1. The lowest BCUT2D eigenvalue weighted by atomic mass is 10.2. The minimum absolute atomic E-state index is 0.123. The molecule has 8 heteroatoms. The Morgan fingerprint density at radius 2 is 1.92 bits per heavy atom. The largest absolute Gasteiger partial charge is 0.497 e. The Kier molecular flexibility index (Phi) is 5.25. The standard InChI is InChI=1S/C17H13ClN2O4S/c1-22-10-7-8-12(14(9-10)23-2)15-19-20-17(24-15)25-16(21)11-5-3-4-6-13(11)18/h3-9H,1-2H3. The molecule has 3 aromatic rings. The Morgan fingerprint density at radius 1 is 1.12 bits per heavy atom. The van der Waals surface area contributed by atoms with Crippen molar-refractivity contribution >= 4 is 28.5 Å². The number of thioether (sulfide) groups is 1. The molecular weight excluding hydrogens is 364 g/mol. The van der Waals surface area contributed by atoms with E-state index in [1.54, 1.807) is 49.6 Å². The highest BCUT2D eigenvalue weighted by Gasteiger charge is 2.19. The summed E-state index contributed by atoms with van der Waals surface area (Å²) in [6.07, 6.45) is 0. The minimum Gasteiger partial charge on any atom is -0.497 e. The number of methoxy groups -OCH3 is 2. The van der Waals surface area contributed by atoms with Gasteiger partial charge in [0.25, 0.3) is 11.1 Å². The highest BCUT2D eigenvalue weighted by atomic mass is 35.5. The van der Waals surface area contributed by atoms with Gasteiger partial charge in [0, 0.05) is 23.4 Å². The molecule has 2 aromatic carbocycles. The van der Waals surface area contributed by atoms with Crippen molar-refractivity contribution in [1.29, 1.82) is 0 Å². The van der Waals surface area contributed by atoms with Gasteiger partial charge in [0.2, 0.25) is 5.12 Å². The Balaban J connectivity index is 1.84. The molecule has 128 valence electrons. The van der Waals surface area contributed by atoms with Crippen LogP contribution in [0.15, 0.2) is 52.1 Å². The summed E-state index contributed by atoms with van der Waals surface area (Å²) < 4.78 is 16.1. The molecule has 1 heterocycles. The lowest BCUT2D eigenvalue weighted by Crippen LogP contribution is -1.94. The zero-order valence-corrected chi connectivity index (χ0v) is 14.9. The molecule has 0 radical (unpaired) electrons. The Morgan fingerprint density at radius 3 is 2.64 bits per heavy atom. The average molecular weight is 377 g/mol. The fourth-order valence-corrected chi connectivity index (χ4v) is 3.02. The van der Waals surface area contributed by atoms with Crippen LogP contribution in [0.4, 0.5) is 0 Å². The smallest absolute Gasteiger partial charge is 0.284 e. The molecule has 0 spiro atoms.